The highest BCUT2D eigenvalue weighted by Gasteiger charge is 2.15. The number of nitrogens with zero attached hydrogens (tertiary/aromatic N) is 2. The number of halogens is 1. The largest absolute Gasteiger partial charge is 0.490 e. The SMILES string of the molecule is Cc1cnc(-c2ccc(OCC3CC[CH]CC3)c(F)c2)nc1. The Kier molecular flexibility index (Phi) is 4.66. The van der Waals surface area contributed by atoms with Gasteiger partial charge in [-0.25, -0.2) is 14.4 Å². The topological polar surface area (TPSA) is 35.0 Å². The van der Waals surface area contributed by atoms with E-state index in [0.29, 0.717) is 29.7 Å². The highest BCUT2D eigenvalue weighted by molar-refractivity contribution is 5.56. The smallest absolute Gasteiger partial charge is 0.165 e. The van der Waals surface area contributed by atoms with Crippen LogP contribution < -0.4 is 4.74 Å². The molecule has 115 valence electrons. The van der Waals surface area contributed by atoms with Gasteiger partial charge in [-0.2, -0.15) is 0 Å². The average Bonchev–Trinajstić information content (AvgIpc) is 2.55. The summed E-state index contributed by atoms with van der Waals surface area (Å²) in [5, 5.41) is 0. The van der Waals surface area contributed by atoms with Gasteiger partial charge in [-0.15, -0.1) is 0 Å². The van der Waals surface area contributed by atoms with Gasteiger partial charge in [-0.1, -0.05) is 0 Å². The first-order chi connectivity index (χ1) is 10.7. The predicted octanol–water partition coefficient (Wildman–Crippen LogP) is 4.36. The van der Waals surface area contributed by atoms with Crippen molar-refractivity contribution in [3.8, 4) is 17.1 Å². The zero-order valence-electron chi connectivity index (χ0n) is 12.8. The molecule has 3 nitrogen and oxygen atoms in total. The normalized spacial score (nSPS) is 15.7. The molecule has 1 aliphatic carbocycles. The molecule has 1 heterocycles. The minimum Gasteiger partial charge on any atom is -0.490 e. The molecular formula is C18H20FN2O. The van der Waals surface area contributed by atoms with E-state index in [-0.39, 0.29) is 5.82 Å². The summed E-state index contributed by atoms with van der Waals surface area (Å²) in [6.45, 7) is 2.51. The molecule has 1 radical (unpaired) electrons. The molecule has 0 aliphatic heterocycles. The van der Waals surface area contributed by atoms with Crippen LogP contribution in [0.25, 0.3) is 11.4 Å². The lowest BCUT2D eigenvalue weighted by molar-refractivity contribution is 0.213. The lowest BCUT2D eigenvalue weighted by Crippen LogP contribution is -2.15. The molecule has 0 amide bonds. The molecule has 1 saturated carbocycles. The van der Waals surface area contributed by atoms with Gasteiger partial charge in [0.25, 0.3) is 0 Å². The van der Waals surface area contributed by atoms with E-state index in [0.717, 1.165) is 31.2 Å². The van der Waals surface area contributed by atoms with Crippen molar-refractivity contribution in [1.82, 2.24) is 9.97 Å². The molecule has 1 aromatic heterocycles. The summed E-state index contributed by atoms with van der Waals surface area (Å²) in [6.07, 6.45) is 10.3. The number of hydrogen-bond donors (Lipinski definition) is 0. The van der Waals surface area contributed by atoms with Crippen LogP contribution >= 0.6 is 0 Å². The summed E-state index contributed by atoms with van der Waals surface area (Å²) in [7, 11) is 0. The van der Waals surface area contributed by atoms with Gasteiger partial charge in [-0.3, -0.25) is 0 Å². The highest BCUT2D eigenvalue weighted by Crippen LogP contribution is 2.27. The lowest BCUT2D eigenvalue weighted by atomic mass is 9.90. The van der Waals surface area contributed by atoms with E-state index < -0.39 is 0 Å². The number of rotatable bonds is 4. The van der Waals surface area contributed by atoms with E-state index in [1.54, 1.807) is 24.5 Å². The summed E-state index contributed by atoms with van der Waals surface area (Å²) >= 11 is 0. The molecule has 0 bridgehead atoms. The van der Waals surface area contributed by atoms with Gasteiger partial charge in [0.1, 0.15) is 0 Å². The van der Waals surface area contributed by atoms with Crippen molar-refractivity contribution >= 4 is 0 Å². The van der Waals surface area contributed by atoms with Crippen LogP contribution in [0.5, 0.6) is 5.75 Å². The molecule has 4 heteroatoms. The molecule has 0 saturated heterocycles. The Morgan fingerprint density at radius 1 is 1.18 bits per heavy atom. The monoisotopic (exact) mass is 299 g/mol. The van der Waals surface area contributed by atoms with Crippen molar-refractivity contribution in [1.29, 1.82) is 0 Å². The second-order valence-corrected chi connectivity index (χ2v) is 5.85. The van der Waals surface area contributed by atoms with Crippen molar-refractivity contribution in [3.05, 3.63) is 48.4 Å². The third kappa shape index (κ3) is 3.62. The van der Waals surface area contributed by atoms with Crippen LogP contribution in [0.15, 0.2) is 30.6 Å². The Balaban J connectivity index is 1.67. The van der Waals surface area contributed by atoms with Crippen molar-refractivity contribution in [2.75, 3.05) is 6.61 Å². The zero-order chi connectivity index (χ0) is 15.4. The molecular weight excluding hydrogens is 279 g/mol. The summed E-state index contributed by atoms with van der Waals surface area (Å²) in [5.41, 5.74) is 1.64. The fourth-order valence-electron chi connectivity index (χ4n) is 2.67. The average molecular weight is 299 g/mol. The van der Waals surface area contributed by atoms with Crippen molar-refractivity contribution in [2.24, 2.45) is 5.92 Å². The summed E-state index contributed by atoms with van der Waals surface area (Å²) < 4.78 is 19.8. The third-order valence-electron chi connectivity index (χ3n) is 4.00. The van der Waals surface area contributed by atoms with Gasteiger partial charge in [0.05, 0.1) is 6.61 Å². The first-order valence-corrected chi connectivity index (χ1v) is 7.75. The summed E-state index contributed by atoms with van der Waals surface area (Å²) in [4.78, 5) is 8.43. The second kappa shape index (κ2) is 6.86. The van der Waals surface area contributed by atoms with Crippen LogP contribution in [0.4, 0.5) is 4.39 Å². The van der Waals surface area contributed by atoms with Gasteiger partial charge in [0.15, 0.2) is 17.4 Å². The van der Waals surface area contributed by atoms with Gasteiger partial charge in [0, 0.05) is 18.0 Å². The molecule has 0 spiro atoms. The van der Waals surface area contributed by atoms with E-state index in [4.69, 9.17) is 4.74 Å². The molecule has 0 N–H and O–H groups in total. The van der Waals surface area contributed by atoms with Gasteiger partial charge >= 0.3 is 0 Å². The van der Waals surface area contributed by atoms with Crippen molar-refractivity contribution < 1.29 is 9.13 Å². The molecule has 0 atom stereocenters. The molecule has 1 fully saturated rings. The minimum absolute atomic E-state index is 0.311. The van der Waals surface area contributed by atoms with Gasteiger partial charge in [-0.05, 0) is 68.7 Å². The van der Waals surface area contributed by atoms with Crippen LogP contribution in [0.2, 0.25) is 0 Å². The quantitative estimate of drug-likeness (QED) is 0.841. The van der Waals surface area contributed by atoms with Crippen molar-refractivity contribution in [3.63, 3.8) is 0 Å². The Hall–Kier alpha value is -1.97. The fraction of sp³-hybridized carbons (Fsp3) is 0.389. The Morgan fingerprint density at radius 2 is 1.91 bits per heavy atom. The second-order valence-electron chi connectivity index (χ2n) is 5.85. The minimum atomic E-state index is -0.357. The summed E-state index contributed by atoms with van der Waals surface area (Å²) in [5.74, 6) is 1.01. The number of aryl methyl sites for hydroxylation is 1. The standard InChI is InChI=1S/C18H20FN2O/c1-13-10-20-18(21-11-13)15-7-8-17(16(19)9-15)22-12-14-5-3-2-4-6-14/h2,7-11,14H,3-6,12H2,1H3. The molecule has 0 unspecified atom stereocenters. The first kappa shape index (κ1) is 14.9. The molecule has 22 heavy (non-hydrogen) atoms. The fourth-order valence-corrected chi connectivity index (χ4v) is 2.67. The van der Waals surface area contributed by atoms with E-state index in [2.05, 4.69) is 16.4 Å². The maximum absolute atomic E-state index is 14.2. The van der Waals surface area contributed by atoms with Gasteiger partial charge < -0.3 is 4.74 Å². The predicted molar refractivity (Wildman–Crippen MR) is 83.9 cm³/mol. The lowest BCUT2D eigenvalue weighted by Gasteiger charge is -2.21. The maximum atomic E-state index is 14.2. The van der Waals surface area contributed by atoms with Crippen LogP contribution in [0.3, 0.4) is 0 Å². The van der Waals surface area contributed by atoms with Crippen molar-refractivity contribution in [2.45, 2.75) is 32.6 Å². The van der Waals surface area contributed by atoms with E-state index in [1.807, 2.05) is 6.92 Å². The van der Waals surface area contributed by atoms with Crippen LogP contribution in [0, 0.1) is 25.1 Å². The van der Waals surface area contributed by atoms with E-state index >= 15 is 0 Å². The number of aromatic nitrogens is 2. The molecule has 1 aliphatic rings. The molecule has 3 rings (SSSR count). The molecule has 2 aromatic rings. The summed E-state index contributed by atoms with van der Waals surface area (Å²) in [6, 6.07) is 4.91. The highest BCUT2D eigenvalue weighted by atomic mass is 19.1. The van der Waals surface area contributed by atoms with E-state index in [9.17, 15) is 4.39 Å². The Morgan fingerprint density at radius 3 is 2.59 bits per heavy atom. The van der Waals surface area contributed by atoms with Crippen LogP contribution in [0.1, 0.15) is 31.2 Å². The Labute approximate surface area is 130 Å². The van der Waals surface area contributed by atoms with E-state index in [1.165, 1.54) is 6.07 Å². The number of benzene rings is 1. The first-order valence-electron chi connectivity index (χ1n) is 7.75. The molecule has 1 aromatic carbocycles. The maximum Gasteiger partial charge on any atom is 0.165 e. The van der Waals surface area contributed by atoms with Crippen LogP contribution in [-0.4, -0.2) is 16.6 Å². The Bertz CT molecular complexity index is 621. The van der Waals surface area contributed by atoms with Crippen LogP contribution in [-0.2, 0) is 0 Å². The van der Waals surface area contributed by atoms with Gasteiger partial charge in [0.2, 0.25) is 0 Å². The zero-order valence-corrected chi connectivity index (χ0v) is 12.8. The number of ether oxygens (including phenoxy) is 1. The number of hydrogen-bond acceptors (Lipinski definition) is 3. The third-order valence-corrected chi connectivity index (χ3v) is 4.00.